The topological polar surface area (TPSA) is 39.4 Å². The standard InChI is InChI=1S/C14H20O3/c1-4-5-8-14(3,11-17-12(2)15)10-13-7-6-9-16-13/h5-9H,4,10-11H2,1-3H3/b8-5+. The lowest BCUT2D eigenvalue weighted by Gasteiger charge is -2.24. The van der Waals surface area contributed by atoms with E-state index in [4.69, 9.17) is 9.15 Å². The Hall–Kier alpha value is -1.51. The number of esters is 1. The second kappa shape index (κ2) is 6.28. The highest BCUT2D eigenvalue weighted by molar-refractivity contribution is 5.65. The van der Waals surface area contributed by atoms with Gasteiger partial charge in [0.1, 0.15) is 12.4 Å². The molecule has 0 spiro atoms. The maximum Gasteiger partial charge on any atom is 0.302 e. The van der Waals surface area contributed by atoms with Gasteiger partial charge in [-0.15, -0.1) is 0 Å². The van der Waals surface area contributed by atoms with Gasteiger partial charge in [0, 0.05) is 18.8 Å². The molecule has 17 heavy (non-hydrogen) atoms. The molecule has 1 aromatic rings. The van der Waals surface area contributed by atoms with Gasteiger partial charge in [-0.2, -0.15) is 0 Å². The second-order valence-corrected chi connectivity index (χ2v) is 4.50. The minimum atomic E-state index is -0.249. The van der Waals surface area contributed by atoms with Crippen LogP contribution in [0.15, 0.2) is 35.0 Å². The van der Waals surface area contributed by atoms with Crippen LogP contribution < -0.4 is 0 Å². The second-order valence-electron chi connectivity index (χ2n) is 4.50. The Morgan fingerprint density at radius 3 is 2.88 bits per heavy atom. The van der Waals surface area contributed by atoms with E-state index < -0.39 is 0 Å². The molecule has 3 heteroatoms. The van der Waals surface area contributed by atoms with Crippen LogP contribution in [0.5, 0.6) is 0 Å². The van der Waals surface area contributed by atoms with Crippen molar-refractivity contribution in [3.8, 4) is 0 Å². The molecule has 1 unspecified atom stereocenters. The molecule has 0 aromatic carbocycles. The van der Waals surface area contributed by atoms with E-state index in [1.165, 1.54) is 6.92 Å². The molecule has 0 aliphatic heterocycles. The number of hydrogen-bond donors (Lipinski definition) is 0. The van der Waals surface area contributed by atoms with E-state index in [1.807, 2.05) is 12.1 Å². The molecule has 1 heterocycles. The third-order valence-corrected chi connectivity index (χ3v) is 2.52. The zero-order valence-electron chi connectivity index (χ0n) is 10.7. The van der Waals surface area contributed by atoms with Crippen LogP contribution in [-0.4, -0.2) is 12.6 Å². The summed E-state index contributed by atoms with van der Waals surface area (Å²) in [6.07, 6.45) is 7.54. The van der Waals surface area contributed by atoms with Crippen LogP contribution in [0, 0.1) is 5.41 Å². The van der Waals surface area contributed by atoms with Crippen LogP contribution in [0.1, 0.15) is 33.0 Å². The number of allylic oxidation sites excluding steroid dienone is 1. The number of hydrogen-bond acceptors (Lipinski definition) is 3. The molecule has 0 radical (unpaired) electrons. The van der Waals surface area contributed by atoms with E-state index in [0.717, 1.165) is 18.6 Å². The van der Waals surface area contributed by atoms with Crippen molar-refractivity contribution in [1.29, 1.82) is 0 Å². The van der Waals surface area contributed by atoms with Crippen LogP contribution in [0.4, 0.5) is 0 Å². The number of rotatable bonds is 6. The smallest absolute Gasteiger partial charge is 0.302 e. The molecule has 0 bridgehead atoms. The maximum atomic E-state index is 10.9. The summed E-state index contributed by atoms with van der Waals surface area (Å²) < 4.78 is 10.5. The van der Waals surface area contributed by atoms with Gasteiger partial charge in [-0.3, -0.25) is 4.79 Å². The molecule has 0 saturated carbocycles. The predicted molar refractivity (Wildman–Crippen MR) is 66.6 cm³/mol. The Balaban J connectivity index is 2.70. The summed E-state index contributed by atoms with van der Waals surface area (Å²) in [5.41, 5.74) is -0.209. The lowest BCUT2D eigenvalue weighted by Crippen LogP contribution is -2.25. The molecule has 0 N–H and O–H groups in total. The summed E-state index contributed by atoms with van der Waals surface area (Å²) in [5.74, 6) is 0.654. The highest BCUT2D eigenvalue weighted by Crippen LogP contribution is 2.25. The average Bonchev–Trinajstić information content (AvgIpc) is 2.76. The third-order valence-electron chi connectivity index (χ3n) is 2.52. The highest BCUT2D eigenvalue weighted by atomic mass is 16.5. The molecule has 94 valence electrons. The summed E-state index contributed by atoms with van der Waals surface area (Å²) in [6.45, 7) is 5.94. The van der Waals surface area contributed by atoms with E-state index in [9.17, 15) is 4.79 Å². The zero-order chi connectivity index (χ0) is 12.7. The Morgan fingerprint density at radius 1 is 1.59 bits per heavy atom. The summed E-state index contributed by atoms with van der Waals surface area (Å²) in [6, 6.07) is 3.80. The molecular weight excluding hydrogens is 216 g/mol. The molecule has 1 aromatic heterocycles. The van der Waals surface area contributed by atoms with Crippen molar-refractivity contribution in [2.75, 3.05) is 6.61 Å². The summed E-state index contributed by atoms with van der Waals surface area (Å²) >= 11 is 0. The number of carbonyl (C=O) groups is 1. The first-order valence-electron chi connectivity index (χ1n) is 5.89. The SMILES string of the molecule is CC/C=C/C(C)(COC(C)=O)Cc1ccco1. The van der Waals surface area contributed by atoms with Crippen molar-refractivity contribution in [3.05, 3.63) is 36.3 Å². The van der Waals surface area contributed by atoms with Crippen LogP contribution in [0.3, 0.4) is 0 Å². The number of carbonyl (C=O) groups excluding carboxylic acids is 1. The zero-order valence-corrected chi connectivity index (χ0v) is 10.7. The average molecular weight is 236 g/mol. The van der Waals surface area contributed by atoms with Gasteiger partial charge < -0.3 is 9.15 Å². The lowest BCUT2D eigenvalue weighted by atomic mass is 9.86. The fourth-order valence-corrected chi connectivity index (χ4v) is 1.64. The molecular formula is C14H20O3. The van der Waals surface area contributed by atoms with Crippen molar-refractivity contribution >= 4 is 5.97 Å². The van der Waals surface area contributed by atoms with E-state index in [0.29, 0.717) is 6.61 Å². The number of ether oxygens (including phenoxy) is 1. The Morgan fingerprint density at radius 2 is 2.35 bits per heavy atom. The van der Waals surface area contributed by atoms with Gasteiger partial charge in [0.25, 0.3) is 0 Å². The van der Waals surface area contributed by atoms with Gasteiger partial charge in [-0.1, -0.05) is 26.0 Å². The molecule has 0 aliphatic carbocycles. The minimum Gasteiger partial charge on any atom is -0.469 e. The Bertz CT molecular complexity index is 365. The normalized spacial score (nSPS) is 14.8. The van der Waals surface area contributed by atoms with Crippen molar-refractivity contribution in [2.24, 2.45) is 5.41 Å². The van der Waals surface area contributed by atoms with Crippen molar-refractivity contribution in [1.82, 2.24) is 0 Å². The Kier molecular flexibility index (Phi) is 5.01. The molecule has 0 fully saturated rings. The first-order valence-corrected chi connectivity index (χ1v) is 5.89. The van der Waals surface area contributed by atoms with Gasteiger partial charge in [-0.05, 0) is 18.6 Å². The minimum absolute atomic E-state index is 0.209. The first kappa shape index (κ1) is 13.6. The van der Waals surface area contributed by atoms with Crippen LogP contribution in [-0.2, 0) is 16.0 Å². The van der Waals surface area contributed by atoms with E-state index >= 15 is 0 Å². The van der Waals surface area contributed by atoms with E-state index in [-0.39, 0.29) is 11.4 Å². The third kappa shape index (κ3) is 4.89. The monoisotopic (exact) mass is 236 g/mol. The molecule has 3 nitrogen and oxygen atoms in total. The van der Waals surface area contributed by atoms with Crippen molar-refractivity contribution in [2.45, 2.75) is 33.6 Å². The van der Waals surface area contributed by atoms with Crippen LogP contribution in [0.2, 0.25) is 0 Å². The maximum absolute atomic E-state index is 10.9. The van der Waals surface area contributed by atoms with E-state index in [1.54, 1.807) is 6.26 Å². The first-order chi connectivity index (χ1) is 8.06. The molecule has 1 rings (SSSR count). The van der Waals surface area contributed by atoms with Crippen molar-refractivity contribution in [3.63, 3.8) is 0 Å². The van der Waals surface area contributed by atoms with Crippen LogP contribution >= 0.6 is 0 Å². The molecule has 1 atom stereocenters. The van der Waals surface area contributed by atoms with Crippen LogP contribution in [0.25, 0.3) is 0 Å². The Labute approximate surface area is 102 Å². The number of furan rings is 1. The van der Waals surface area contributed by atoms with E-state index in [2.05, 4.69) is 26.0 Å². The summed E-state index contributed by atoms with van der Waals surface area (Å²) in [5, 5.41) is 0. The summed E-state index contributed by atoms with van der Waals surface area (Å²) in [7, 11) is 0. The fourth-order valence-electron chi connectivity index (χ4n) is 1.64. The van der Waals surface area contributed by atoms with Gasteiger partial charge in [0.2, 0.25) is 0 Å². The van der Waals surface area contributed by atoms with Gasteiger partial charge in [0.15, 0.2) is 0 Å². The van der Waals surface area contributed by atoms with Gasteiger partial charge in [0.05, 0.1) is 6.26 Å². The largest absolute Gasteiger partial charge is 0.469 e. The lowest BCUT2D eigenvalue weighted by molar-refractivity contribution is -0.143. The van der Waals surface area contributed by atoms with Crippen molar-refractivity contribution < 1.29 is 13.9 Å². The molecule has 0 aliphatic rings. The summed E-state index contributed by atoms with van der Waals surface area (Å²) in [4.78, 5) is 10.9. The van der Waals surface area contributed by atoms with Gasteiger partial charge >= 0.3 is 5.97 Å². The fraction of sp³-hybridized carbons (Fsp3) is 0.500. The van der Waals surface area contributed by atoms with Gasteiger partial charge in [-0.25, -0.2) is 0 Å². The highest BCUT2D eigenvalue weighted by Gasteiger charge is 2.24. The molecule has 0 amide bonds. The molecule has 0 saturated heterocycles. The quantitative estimate of drug-likeness (QED) is 0.561. The predicted octanol–water partition coefficient (Wildman–Crippen LogP) is 3.36.